The van der Waals surface area contributed by atoms with Gasteiger partial charge in [-0.25, -0.2) is 0 Å². The third kappa shape index (κ3) is 5.01. The molecule has 4 rings (SSSR count). The van der Waals surface area contributed by atoms with Crippen LogP contribution in [0.3, 0.4) is 0 Å². The molecule has 0 bridgehead atoms. The minimum atomic E-state index is -4.76. The lowest BCUT2D eigenvalue weighted by Crippen LogP contribution is -2.23. The van der Waals surface area contributed by atoms with Crippen LogP contribution in [0.4, 0.5) is 13.2 Å². The number of hydroxylamine groups is 1. The first-order valence-electron chi connectivity index (χ1n) is 9.44. The summed E-state index contributed by atoms with van der Waals surface area (Å²) in [5.74, 6) is -1.63. The van der Waals surface area contributed by atoms with Gasteiger partial charge in [-0.2, -0.15) is 13.2 Å². The fourth-order valence-electron chi connectivity index (χ4n) is 3.55. The summed E-state index contributed by atoms with van der Waals surface area (Å²) in [5.41, 5.74) is 4.10. The summed E-state index contributed by atoms with van der Waals surface area (Å²) < 4.78 is 52.4. The van der Waals surface area contributed by atoms with Crippen molar-refractivity contribution in [3.8, 4) is 0 Å². The summed E-state index contributed by atoms with van der Waals surface area (Å²) >= 11 is 12.0. The van der Waals surface area contributed by atoms with Gasteiger partial charge >= 0.3 is 6.18 Å². The van der Waals surface area contributed by atoms with Gasteiger partial charge in [-0.15, -0.1) is 5.48 Å². The lowest BCUT2D eigenvalue weighted by molar-refractivity contribution is -0.136. The monoisotopic (exact) mass is 514 g/mol. The third-order valence-corrected chi connectivity index (χ3v) is 6.28. The van der Waals surface area contributed by atoms with E-state index in [1.807, 2.05) is 0 Å². The highest BCUT2D eigenvalue weighted by Gasteiger charge is 2.46. The van der Waals surface area contributed by atoms with E-state index in [0.29, 0.717) is 22.4 Å². The summed E-state index contributed by atoms with van der Waals surface area (Å²) in [6, 6.07) is 7.81. The van der Waals surface area contributed by atoms with Gasteiger partial charge in [-0.1, -0.05) is 35.3 Å². The number of nitrogens with one attached hydrogen (secondary N) is 2. The molecule has 2 aromatic rings. The number of hydrogen-bond acceptors (Lipinski definition) is 4. The number of hydrogen-bond donors (Lipinski definition) is 2. The van der Waals surface area contributed by atoms with Crippen LogP contribution in [-0.4, -0.2) is 16.3 Å². The summed E-state index contributed by atoms with van der Waals surface area (Å²) in [5, 5.41) is 5.83. The van der Waals surface area contributed by atoms with Crippen molar-refractivity contribution in [3.63, 3.8) is 0 Å². The van der Waals surface area contributed by atoms with Gasteiger partial charge in [0.1, 0.15) is 0 Å². The van der Waals surface area contributed by atoms with Crippen LogP contribution >= 0.6 is 23.2 Å². The summed E-state index contributed by atoms with van der Waals surface area (Å²) in [6.45, 7) is 1.66. The van der Waals surface area contributed by atoms with Crippen molar-refractivity contribution < 1.29 is 27.0 Å². The van der Waals surface area contributed by atoms with Crippen LogP contribution in [0, 0.1) is 6.92 Å². The van der Waals surface area contributed by atoms with Crippen LogP contribution < -0.4 is 10.8 Å². The Hall–Kier alpha value is -2.59. The fourth-order valence-corrected chi connectivity index (χ4v) is 4.82. The molecular weight excluding hydrogens is 500 g/mol. The van der Waals surface area contributed by atoms with Crippen molar-refractivity contribution in [1.82, 2.24) is 10.8 Å². The maximum Gasteiger partial charge on any atom is 0.451 e. The third-order valence-electron chi connectivity index (χ3n) is 4.95. The van der Waals surface area contributed by atoms with E-state index < -0.39 is 34.7 Å². The maximum absolute atomic E-state index is 13.7. The highest BCUT2D eigenvalue weighted by molar-refractivity contribution is 7.91. The Morgan fingerprint density at radius 3 is 2.42 bits per heavy atom. The van der Waals surface area contributed by atoms with E-state index in [-0.39, 0.29) is 21.2 Å². The molecule has 1 amide bonds. The highest BCUT2D eigenvalue weighted by atomic mass is 35.5. The van der Waals surface area contributed by atoms with Crippen LogP contribution in [0.5, 0.6) is 0 Å². The van der Waals surface area contributed by atoms with Crippen molar-refractivity contribution in [3.05, 3.63) is 97.0 Å². The molecular formula is C22H15Cl2F3N2O3S. The molecule has 5 nitrogen and oxygen atoms in total. The van der Waals surface area contributed by atoms with E-state index in [4.69, 9.17) is 28.0 Å². The van der Waals surface area contributed by atoms with E-state index in [1.165, 1.54) is 47.2 Å². The standard InChI is InChI=1S/C22H15Cl2F3N2O3S/c1-11-6-12(2-3-17(11)21(30)28-16-4-5-33(31)10-16)19-18(20(32-29-19)22(25,26)27)13-7-14(23)9-15(24)8-13/h2-10,19,29H,1H3,(H,28,30)/t19-,33?/m0/s1. The zero-order valence-electron chi connectivity index (χ0n) is 16.8. The molecule has 2 heterocycles. The molecule has 0 saturated heterocycles. The Morgan fingerprint density at radius 2 is 1.85 bits per heavy atom. The first kappa shape index (κ1) is 23.6. The first-order valence-corrected chi connectivity index (χ1v) is 11.5. The normalized spacial score (nSPS) is 20.1. The molecule has 0 aliphatic carbocycles. The van der Waals surface area contributed by atoms with Crippen molar-refractivity contribution in [2.24, 2.45) is 0 Å². The second-order valence-corrected chi connectivity index (χ2v) is 9.32. The molecule has 0 radical (unpaired) electrons. The van der Waals surface area contributed by atoms with E-state index in [9.17, 15) is 22.2 Å². The van der Waals surface area contributed by atoms with Gasteiger partial charge in [0.15, 0.2) is 0 Å². The van der Waals surface area contributed by atoms with Crippen LogP contribution in [0.1, 0.15) is 33.1 Å². The number of allylic oxidation sites excluding steroid dienone is 2. The fraction of sp³-hybridized carbons (Fsp3) is 0.136. The largest absolute Gasteiger partial charge is 0.451 e. The Balaban J connectivity index is 1.70. The average molecular weight is 515 g/mol. The van der Waals surface area contributed by atoms with Crippen LogP contribution in [-0.2, 0) is 15.6 Å². The Kier molecular flexibility index (Phi) is 6.41. The number of amides is 1. The van der Waals surface area contributed by atoms with E-state index in [0.717, 1.165) is 0 Å². The van der Waals surface area contributed by atoms with Crippen LogP contribution in [0.25, 0.3) is 5.57 Å². The van der Waals surface area contributed by atoms with Gasteiger partial charge in [0, 0.05) is 32.0 Å². The molecule has 2 aliphatic heterocycles. The molecule has 2 aromatic carbocycles. The zero-order chi connectivity index (χ0) is 23.9. The molecule has 1 unspecified atom stereocenters. The van der Waals surface area contributed by atoms with Crippen molar-refractivity contribution in [2.45, 2.75) is 19.1 Å². The molecule has 11 heteroatoms. The zero-order valence-corrected chi connectivity index (χ0v) is 19.1. The maximum atomic E-state index is 13.7. The summed E-state index contributed by atoms with van der Waals surface area (Å²) in [6.07, 6.45) is -3.23. The summed E-state index contributed by atoms with van der Waals surface area (Å²) in [7, 11) is -1.27. The second-order valence-electron chi connectivity index (χ2n) is 7.28. The quantitative estimate of drug-likeness (QED) is 0.549. The lowest BCUT2D eigenvalue weighted by Gasteiger charge is -2.17. The number of carbonyl (C=O) groups is 1. The van der Waals surface area contributed by atoms with Gasteiger partial charge in [-0.3, -0.25) is 9.00 Å². The number of aryl methyl sites for hydroxylation is 1. The number of benzene rings is 2. The number of carbonyl (C=O) groups excluding carboxylic acids is 1. The first-order chi connectivity index (χ1) is 15.5. The lowest BCUT2D eigenvalue weighted by atomic mass is 9.91. The molecule has 0 fully saturated rings. The highest BCUT2D eigenvalue weighted by Crippen LogP contribution is 2.45. The number of alkyl halides is 3. The van der Waals surface area contributed by atoms with Crippen molar-refractivity contribution in [2.75, 3.05) is 0 Å². The smallest absolute Gasteiger partial charge is 0.402 e. The SMILES string of the molecule is Cc1cc([C@@H]2NOC(C(F)(F)F)=C2c2cc(Cl)cc(Cl)c2)ccc1C(=O)NC1=CS(=O)C=C1. The molecule has 2 atom stereocenters. The summed E-state index contributed by atoms with van der Waals surface area (Å²) in [4.78, 5) is 17.4. The van der Waals surface area contributed by atoms with Crippen molar-refractivity contribution >= 4 is 45.5 Å². The molecule has 0 spiro atoms. The van der Waals surface area contributed by atoms with E-state index in [2.05, 4.69) is 10.8 Å². The van der Waals surface area contributed by atoms with Gasteiger partial charge in [-0.05, 0) is 54.0 Å². The molecule has 172 valence electrons. The van der Waals surface area contributed by atoms with Crippen LogP contribution in [0.15, 0.2) is 64.7 Å². The Labute approximate surface area is 199 Å². The predicted octanol–water partition coefficient (Wildman–Crippen LogP) is 5.70. The minimum Gasteiger partial charge on any atom is -0.402 e. The van der Waals surface area contributed by atoms with Crippen molar-refractivity contribution in [1.29, 1.82) is 0 Å². The Bertz CT molecular complexity index is 1250. The Morgan fingerprint density at radius 1 is 1.15 bits per heavy atom. The van der Waals surface area contributed by atoms with E-state index >= 15 is 0 Å². The number of rotatable bonds is 4. The number of halogens is 5. The molecule has 2 aliphatic rings. The molecule has 33 heavy (non-hydrogen) atoms. The molecule has 0 saturated carbocycles. The predicted molar refractivity (Wildman–Crippen MR) is 120 cm³/mol. The minimum absolute atomic E-state index is 0.155. The van der Waals surface area contributed by atoms with Gasteiger partial charge in [0.05, 0.1) is 22.5 Å². The topological polar surface area (TPSA) is 67.4 Å². The van der Waals surface area contributed by atoms with Gasteiger partial charge in [0.25, 0.3) is 5.91 Å². The average Bonchev–Trinajstić information content (AvgIpc) is 3.33. The van der Waals surface area contributed by atoms with Gasteiger partial charge < -0.3 is 10.2 Å². The van der Waals surface area contributed by atoms with E-state index in [1.54, 1.807) is 13.0 Å². The molecule has 2 N–H and O–H groups in total. The van der Waals surface area contributed by atoms with Crippen LogP contribution in [0.2, 0.25) is 10.0 Å². The second kappa shape index (κ2) is 8.98. The molecule has 0 aromatic heterocycles. The van der Waals surface area contributed by atoms with Gasteiger partial charge in [0.2, 0.25) is 5.76 Å².